The first-order chi connectivity index (χ1) is 9.24. The zero-order chi connectivity index (χ0) is 12.9. The highest BCUT2D eigenvalue weighted by atomic mass is 15.2. The van der Waals surface area contributed by atoms with E-state index in [9.17, 15) is 0 Å². The predicted molar refractivity (Wildman–Crippen MR) is 78.7 cm³/mol. The molecule has 1 aromatic carbocycles. The molecule has 19 heavy (non-hydrogen) atoms. The molecule has 1 aliphatic heterocycles. The van der Waals surface area contributed by atoms with E-state index in [0.717, 1.165) is 24.3 Å². The Morgan fingerprint density at radius 3 is 2.74 bits per heavy atom. The molecule has 0 spiro atoms. The Bertz CT molecular complexity index is 492. The SMILES string of the molecule is CC12C=CC(CC1)C1CN(Cc3ccccc3)CC12. The molecule has 4 aliphatic rings. The molecule has 1 heterocycles. The second-order valence-electron chi connectivity index (χ2n) is 7.02. The number of likely N-dealkylation sites (tertiary alicyclic amines) is 1. The second kappa shape index (κ2) is 4.21. The molecule has 0 amide bonds. The van der Waals surface area contributed by atoms with Crippen molar-refractivity contribution in [3.8, 4) is 0 Å². The first-order valence-corrected chi connectivity index (χ1v) is 7.70. The standard InChI is InChI=1S/C18H23N/c1-18-9-7-15(8-10-18)16-12-19(13-17(16)18)11-14-5-3-2-4-6-14/h2-7,9,15-17H,8,10-13H2,1H3. The van der Waals surface area contributed by atoms with Gasteiger partial charge in [-0.1, -0.05) is 49.4 Å². The van der Waals surface area contributed by atoms with E-state index in [4.69, 9.17) is 0 Å². The summed E-state index contributed by atoms with van der Waals surface area (Å²) < 4.78 is 0. The topological polar surface area (TPSA) is 3.24 Å². The van der Waals surface area contributed by atoms with Crippen LogP contribution in [0.25, 0.3) is 0 Å². The molecule has 0 N–H and O–H groups in total. The van der Waals surface area contributed by atoms with Gasteiger partial charge in [-0.15, -0.1) is 0 Å². The highest BCUT2D eigenvalue weighted by molar-refractivity contribution is 5.19. The Kier molecular flexibility index (Phi) is 2.60. The van der Waals surface area contributed by atoms with Crippen molar-refractivity contribution in [2.75, 3.05) is 13.1 Å². The number of rotatable bonds is 2. The Balaban J connectivity index is 1.52. The van der Waals surface area contributed by atoms with Gasteiger partial charge in [0.1, 0.15) is 0 Å². The van der Waals surface area contributed by atoms with Crippen molar-refractivity contribution < 1.29 is 0 Å². The maximum atomic E-state index is 2.69. The monoisotopic (exact) mass is 253 g/mol. The van der Waals surface area contributed by atoms with Gasteiger partial charge in [-0.3, -0.25) is 4.90 Å². The fraction of sp³-hybridized carbons (Fsp3) is 0.556. The Morgan fingerprint density at radius 2 is 2.05 bits per heavy atom. The Hall–Kier alpha value is -1.08. The van der Waals surface area contributed by atoms with Crippen LogP contribution >= 0.6 is 0 Å². The smallest absolute Gasteiger partial charge is 0.0233 e. The summed E-state index contributed by atoms with van der Waals surface area (Å²) in [5.41, 5.74) is 1.96. The van der Waals surface area contributed by atoms with Gasteiger partial charge in [-0.2, -0.15) is 0 Å². The van der Waals surface area contributed by atoms with Crippen molar-refractivity contribution >= 4 is 0 Å². The number of benzene rings is 1. The van der Waals surface area contributed by atoms with Crippen LogP contribution in [0.1, 0.15) is 25.3 Å². The summed E-state index contributed by atoms with van der Waals surface area (Å²) in [4.78, 5) is 2.69. The molecular weight excluding hydrogens is 230 g/mol. The summed E-state index contributed by atoms with van der Waals surface area (Å²) in [5.74, 6) is 2.69. The molecule has 1 nitrogen and oxygen atoms in total. The van der Waals surface area contributed by atoms with Gasteiger partial charge in [0.25, 0.3) is 0 Å². The molecule has 100 valence electrons. The van der Waals surface area contributed by atoms with E-state index in [2.05, 4.69) is 54.3 Å². The van der Waals surface area contributed by atoms with Crippen LogP contribution in [0, 0.1) is 23.2 Å². The van der Waals surface area contributed by atoms with Crippen LogP contribution in [0.5, 0.6) is 0 Å². The number of nitrogens with zero attached hydrogens (tertiary/aromatic N) is 1. The lowest BCUT2D eigenvalue weighted by atomic mass is 9.56. The maximum absolute atomic E-state index is 2.69. The lowest BCUT2D eigenvalue weighted by Gasteiger charge is -2.48. The van der Waals surface area contributed by atoms with Crippen molar-refractivity contribution in [2.45, 2.75) is 26.3 Å². The average molecular weight is 253 g/mol. The minimum atomic E-state index is 0.491. The molecule has 2 fully saturated rings. The summed E-state index contributed by atoms with van der Waals surface area (Å²) in [6, 6.07) is 10.9. The van der Waals surface area contributed by atoms with Gasteiger partial charge in [-0.05, 0) is 41.6 Å². The zero-order valence-electron chi connectivity index (χ0n) is 11.8. The van der Waals surface area contributed by atoms with E-state index < -0.39 is 0 Å². The number of allylic oxidation sites excluding steroid dienone is 2. The molecule has 0 aromatic heterocycles. The van der Waals surface area contributed by atoms with Crippen LogP contribution in [0.2, 0.25) is 0 Å². The van der Waals surface area contributed by atoms with Crippen LogP contribution < -0.4 is 0 Å². The number of hydrogen-bond acceptors (Lipinski definition) is 1. The average Bonchev–Trinajstić information content (AvgIpc) is 2.86. The van der Waals surface area contributed by atoms with Crippen molar-refractivity contribution in [1.82, 2.24) is 4.90 Å². The van der Waals surface area contributed by atoms with Crippen LogP contribution in [0.4, 0.5) is 0 Å². The predicted octanol–water partition coefficient (Wildman–Crippen LogP) is 3.72. The summed E-state index contributed by atoms with van der Waals surface area (Å²) in [6.07, 6.45) is 7.90. The number of hydrogen-bond donors (Lipinski definition) is 0. The molecule has 4 atom stereocenters. The fourth-order valence-electron chi connectivity index (χ4n) is 4.68. The van der Waals surface area contributed by atoms with Crippen molar-refractivity contribution in [1.29, 1.82) is 0 Å². The minimum absolute atomic E-state index is 0.491. The molecule has 1 saturated heterocycles. The molecule has 1 heteroatoms. The van der Waals surface area contributed by atoms with E-state index in [-0.39, 0.29) is 0 Å². The second-order valence-corrected chi connectivity index (χ2v) is 7.02. The van der Waals surface area contributed by atoms with E-state index in [0.29, 0.717) is 5.41 Å². The zero-order valence-corrected chi connectivity index (χ0v) is 11.8. The third-order valence-corrected chi connectivity index (χ3v) is 5.83. The lowest BCUT2D eigenvalue weighted by molar-refractivity contribution is 0.0882. The van der Waals surface area contributed by atoms with Gasteiger partial charge < -0.3 is 0 Å². The van der Waals surface area contributed by atoms with E-state index >= 15 is 0 Å². The van der Waals surface area contributed by atoms with Crippen molar-refractivity contribution in [2.24, 2.45) is 23.2 Å². The van der Waals surface area contributed by atoms with Gasteiger partial charge in [-0.25, -0.2) is 0 Å². The third-order valence-electron chi connectivity index (χ3n) is 5.83. The molecule has 1 saturated carbocycles. The van der Waals surface area contributed by atoms with Gasteiger partial charge in [0.05, 0.1) is 0 Å². The molecule has 0 radical (unpaired) electrons. The van der Waals surface area contributed by atoms with Gasteiger partial charge >= 0.3 is 0 Å². The summed E-state index contributed by atoms with van der Waals surface area (Å²) in [6.45, 7) is 6.24. The number of fused-ring (bicyclic) bond motifs is 1. The molecular formula is C18H23N. The molecule has 5 rings (SSSR count). The van der Waals surface area contributed by atoms with Crippen LogP contribution in [0.3, 0.4) is 0 Å². The van der Waals surface area contributed by atoms with Gasteiger partial charge in [0.15, 0.2) is 0 Å². The van der Waals surface area contributed by atoms with Crippen molar-refractivity contribution in [3.63, 3.8) is 0 Å². The normalized spacial score (nSPS) is 40.6. The summed E-state index contributed by atoms with van der Waals surface area (Å²) in [7, 11) is 0. The molecule has 3 aliphatic carbocycles. The highest BCUT2D eigenvalue weighted by Crippen LogP contribution is 2.55. The van der Waals surface area contributed by atoms with E-state index in [1.807, 2.05) is 0 Å². The highest BCUT2D eigenvalue weighted by Gasteiger charge is 2.51. The van der Waals surface area contributed by atoms with Crippen LogP contribution in [0.15, 0.2) is 42.5 Å². The molecule has 2 bridgehead atoms. The Labute approximate surface area is 116 Å². The van der Waals surface area contributed by atoms with Gasteiger partial charge in [0, 0.05) is 19.6 Å². The largest absolute Gasteiger partial charge is 0.298 e. The van der Waals surface area contributed by atoms with Crippen molar-refractivity contribution in [3.05, 3.63) is 48.0 Å². The van der Waals surface area contributed by atoms with E-state index in [1.54, 1.807) is 0 Å². The minimum Gasteiger partial charge on any atom is -0.298 e. The van der Waals surface area contributed by atoms with Crippen LogP contribution in [-0.4, -0.2) is 18.0 Å². The van der Waals surface area contributed by atoms with Gasteiger partial charge in [0.2, 0.25) is 0 Å². The Morgan fingerprint density at radius 1 is 1.21 bits per heavy atom. The lowest BCUT2D eigenvalue weighted by Crippen LogP contribution is -2.42. The van der Waals surface area contributed by atoms with E-state index in [1.165, 1.54) is 31.5 Å². The summed E-state index contributed by atoms with van der Waals surface area (Å²) in [5, 5.41) is 0. The molecule has 4 unspecified atom stereocenters. The maximum Gasteiger partial charge on any atom is 0.0233 e. The first kappa shape index (κ1) is 11.7. The quantitative estimate of drug-likeness (QED) is 0.726. The third kappa shape index (κ3) is 1.87. The first-order valence-electron chi connectivity index (χ1n) is 7.70. The molecule has 1 aromatic rings. The summed E-state index contributed by atoms with van der Waals surface area (Å²) >= 11 is 0. The fourth-order valence-corrected chi connectivity index (χ4v) is 4.68. The van der Waals surface area contributed by atoms with Crippen LogP contribution in [-0.2, 0) is 6.54 Å².